The fraction of sp³-hybridized carbons (Fsp3) is 0.417. The lowest BCUT2D eigenvalue weighted by molar-refractivity contribution is 0.0963. The van der Waals surface area contributed by atoms with Gasteiger partial charge in [-0.1, -0.05) is 29.8 Å². The van der Waals surface area contributed by atoms with Crippen LogP contribution in [-0.4, -0.2) is 51.6 Å². The van der Waals surface area contributed by atoms with Gasteiger partial charge in [-0.15, -0.1) is 0 Å². The average molecular weight is 408 g/mol. The number of anilines is 1. The van der Waals surface area contributed by atoms with E-state index in [4.69, 9.17) is 0 Å². The number of piperidine rings is 1. The van der Waals surface area contributed by atoms with Gasteiger partial charge in [0, 0.05) is 51.0 Å². The third-order valence-electron chi connectivity index (χ3n) is 5.51. The van der Waals surface area contributed by atoms with E-state index in [-0.39, 0.29) is 5.91 Å². The molecular formula is C24H33N5O. The zero-order valence-electron chi connectivity index (χ0n) is 18.2. The second-order valence-electron chi connectivity index (χ2n) is 7.79. The molecule has 6 heteroatoms. The second-order valence-corrected chi connectivity index (χ2v) is 7.79. The number of nitrogens with one attached hydrogen (secondary N) is 3. The van der Waals surface area contributed by atoms with E-state index in [2.05, 4.69) is 57.0 Å². The molecule has 2 aromatic carbocycles. The lowest BCUT2D eigenvalue weighted by atomic mass is 10.0. The van der Waals surface area contributed by atoms with Crippen molar-refractivity contribution in [2.45, 2.75) is 32.2 Å². The number of nitrogens with zero attached hydrogens (tertiary/aromatic N) is 2. The Morgan fingerprint density at radius 3 is 2.73 bits per heavy atom. The number of carbonyl (C=O) groups excluding carboxylic acids is 1. The molecule has 1 aliphatic rings. The number of aliphatic imine (C=N–C) groups is 1. The fourth-order valence-electron chi connectivity index (χ4n) is 3.81. The standard InChI is InChI=1S/C24H33N5O/c1-18-9-11-22(12-10-18)29-15-5-8-21(17-29)28-24(26-3)27-14-13-19-6-4-7-20(16-19)23(30)25-2/h4,6-7,9-12,16,21H,5,8,13-15,17H2,1-3H3,(H,25,30)(H2,26,27,28). The summed E-state index contributed by atoms with van der Waals surface area (Å²) in [5, 5.41) is 9.65. The van der Waals surface area contributed by atoms with Gasteiger partial charge in [-0.25, -0.2) is 0 Å². The lowest BCUT2D eigenvalue weighted by Gasteiger charge is -2.35. The van der Waals surface area contributed by atoms with Crippen LogP contribution in [0.4, 0.5) is 5.69 Å². The lowest BCUT2D eigenvalue weighted by Crippen LogP contribution is -2.51. The monoisotopic (exact) mass is 407 g/mol. The van der Waals surface area contributed by atoms with Gasteiger partial charge >= 0.3 is 0 Å². The highest BCUT2D eigenvalue weighted by Gasteiger charge is 2.21. The topological polar surface area (TPSA) is 68.8 Å². The molecule has 1 saturated heterocycles. The Balaban J connectivity index is 1.49. The van der Waals surface area contributed by atoms with Crippen LogP contribution in [0, 0.1) is 6.92 Å². The molecule has 1 fully saturated rings. The van der Waals surface area contributed by atoms with Gasteiger partial charge < -0.3 is 20.9 Å². The van der Waals surface area contributed by atoms with E-state index in [0.717, 1.165) is 50.4 Å². The van der Waals surface area contributed by atoms with Crippen molar-refractivity contribution in [2.75, 3.05) is 38.6 Å². The minimum atomic E-state index is -0.0577. The summed E-state index contributed by atoms with van der Waals surface area (Å²) in [4.78, 5) is 18.6. The minimum absolute atomic E-state index is 0.0577. The zero-order valence-corrected chi connectivity index (χ0v) is 18.2. The summed E-state index contributed by atoms with van der Waals surface area (Å²) in [5.41, 5.74) is 4.39. The number of carbonyl (C=O) groups is 1. The fourth-order valence-corrected chi connectivity index (χ4v) is 3.81. The summed E-state index contributed by atoms with van der Waals surface area (Å²) in [6, 6.07) is 16.9. The van der Waals surface area contributed by atoms with Crippen LogP contribution < -0.4 is 20.9 Å². The van der Waals surface area contributed by atoms with Crippen molar-refractivity contribution in [3.8, 4) is 0 Å². The maximum Gasteiger partial charge on any atom is 0.251 e. The van der Waals surface area contributed by atoms with Crippen molar-refractivity contribution in [1.29, 1.82) is 0 Å². The Kier molecular flexibility index (Phi) is 7.71. The molecule has 0 aliphatic carbocycles. The van der Waals surface area contributed by atoms with Crippen molar-refractivity contribution in [3.05, 3.63) is 65.2 Å². The van der Waals surface area contributed by atoms with Crippen LogP contribution in [0.2, 0.25) is 0 Å². The van der Waals surface area contributed by atoms with Gasteiger partial charge in [0.05, 0.1) is 0 Å². The SMILES string of the molecule is CN=C(NCCc1cccc(C(=O)NC)c1)NC1CCCN(c2ccc(C)cc2)C1. The summed E-state index contributed by atoms with van der Waals surface area (Å²) in [6.07, 6.45) is 3.12. The first-order chi connectivity index (χ1) is 14.6. The first-order valence-electron chi connectivity index (χ1n) is 10.7. The smallest absolute Gasteiger partial charge is 0.251 e. The van der Waals surface area contributed by atoms with E-state index in [1.807, 2.05) is 31.3 Å². The summed E-state index contributed by atoms with van der Waals surface area (Å²) in [6.45, 7) is 4.94. The van der Waals surface area contributed by atoms with Crippen LogP contribution in [0.25, 0.3) is 0 Å². The Morgan fingerprint density at radius 2 is 2.00 bits per heavy atom. The van der Waals surface area contributed by atoms with E-state index in [1.165, 1.54) is 11.3 Å². The molecule has 6 nitrogen and oxygen atoms in total. The first kappa shape index (κ1) is 21.7. The molecule has 30 heavy (non-hydrogen) atoms. The van der Waals surface area contributed by atoms with E-state index in [9.17, 15) is 4.79 Å². The third-order valence-corrected chi connectivity index (χ3v) is 5.51. The molecule has 3 rings (SSSR count). The number of rotatable bonds is 6. The maximum absolute atomic E-state index is 11.8. The van der Waals surface area contributed by atoms with E-state index >= 15 is 0 Å². The third kappa shape index (κ3) is 5.99. The van der Waals surface area contributed by atoms with Crippen molar-refractivity contribution in [3.63, 3.8) is 0 Å². The van der Waals surface area contributed by atoms with Gasteiger partial charge in [0.15, 0.2) is 5.96 Å². The Labute approximate surface area is 179 Å². The normalized spacial score (nSPS) is 16.8. The van der Waals surface area contributed by atoms with Crippen LogP contribution in [0.5, 0.6) is 0 Å². The molecule has 2 aromatic rings. The number of hydrogen-bond acceptors (Lipinski definition) is 3. The van der Waals surface area contributed by atoms with Crippen LogP contribution in [0.3, 0.4) is 0 Å². The van der Waals surface area contributed by atoms with Gasteiger partial charge in [0.1, 0.15) is 0 Å². The first-order valence-corrected chi connectivity index (χ1v) is 10.7. The Bertz CT molecular complexity index is 862. The number of hydrogen-bond donors (Lipinski definition) is 3. The zero-order chi connectivity index (χ0) is 21.3. The van der Waals surface area contributed by atoms with Crippen molar-refractivity contribution in [1.82, 2.24) is 16.0 Å². The van der Waals surface area contributed by atoms with Gasteiger partial charge in [-0.05, 0) is 56.0 Å². The largest absolute Gasteiger partial charge is 0.369 e. The van der Waals surface area contributed by atoms with E-state index in [0.29, 0.717) is 11.6 Å². The van der Waals surface area contributed by atoms with Crippen molar-refractivity contribution in [2.24, 2.45) is 4.99 Å². The Morgan fingerprint density at radius 1 is 1.20 bits per heavy atom. The summed E-state index contributed by atoms with van der Waals surface area (Å²) < 4.78 is 0. The summed E-state index contributed by atoms with van der Waals surface area (Å²) in [7, 11) is 3.46. The quantitative estimate of drug-likeness (QED) is 0.509. The highest BCUT2D eigenvalue weighted by molar-refractivity contribution is 5.94. The highest BCUT2D eigenvalue weighted by atomic mass is 16.1. The Hall–Kier alpha value is -3.02. The summed E-state index contributed by atoms with van der Waals surface area (Å²) >= 11 is 0. The van der Waals surface area contributed by atoms with Crippen LogP contribution in [0.1, 0.15) is 34.3 Å². The highest BCUT2D eigenvalue weighted by Crippen LogP contribution is 2.20. The van der Waals surface area contributed by atoms with Crippen LogP contribution >= 0.6 is 0 Å². The molecule has 1 heterocycles. The van der Waals surface area contributed by atoms with E-state index < -0.39 is 0 Å². The molecule has 1 atom stereocenters. The van der Waals surface area contributed by atoms with Gasteiger partial charge in [0.2, 0.25) is 0 Å². The average Bonchev–Trinajstić information content (AvgIpc) is 2.78. The van der Waals surface area contributed by atoms with Crippen molar-refractivity contribution < 1.29 is 4.79 Å². The van der Waals surface area contributed by atoms with Gasteiger partial charge in [-0.2, -0.15) is 0 Å². The molecular weight excluding hydrogens is 374 g/mol. The number of guanidine groups is 1. The number of aryl methyl sites for hydroxylation is 1. The molecule has 0 radical (unpaired) electrons. The predicted octanol–water partition coefficient (Wildman–Crippen LogP) is 2.73. The van der Waals surface area contributed by atoms with E-state index in [1.54, 1.807) is 7.05 Å². The molecule has 1 amide bonds. The second kappa shape index (κ2) is 10.7. The molecule has 0 spiro atoms. The molecule has 0 saturated carbocycles. The molecule has 1 aliphatic heterocycles. The predicted molar refractivity (Wildman–Crippen MR) is 124 cm³/mol. The molecule has 160 valence electrons. The van der Waals surface area contributed by atoms with Gasteiger partial charge in [0.25, 0.3) is 5.91 Å². The molecule has 3 N–H and O–H groups in total. The summed E-state index contributed by atoms with van der Waals surface area (Å²) in [5.74, 6) is 0.769. The maximum atomic E-state index is 11.8. The van der Waals surface area contributed by atoms with Gasteiger partial charge in [-0.3, -0.25) is 9.79 Å². The number of amides is 1. The van der Waals surface area contributed by atoms with Crippen LogP contribution in [-0.2, 0) is 6.42 Å². The number of benzene rings is 2. The molecule has 0 aromatic heterocycles. The minimum Gasteiger partial charge on any atom is -0.369 e. The van der Waals surface area contributed by atoms with Crippen molar-refractivity contribution >= 4 is 17.6 Å². The van der Waals surface area contributed by atoms with Crippen LogP contribution in [0.15, 0.2) is 53.5 Å². The molecule has 1 unspecified atom stereocenters. The molecule has 0 bridgehead atoms.